The van der Waals surface area contributed by atoms with Crippen molar-refractivity contribution in [1.82, 2.24) is 5.32 Å². The maximum atomic E-state index is 5.80. The Kier molecular flexibility index (Phi) is 3.84. The molecule has 2 rings (SSSR count). The Morgan fingerprint density at radius 2 is 2.06 bits per heavy atom. The van der Waals surface area contributed by atoms with Crippen molar-refractivity contribution in [3.63, 3.8) is 0 Å². The summed E-state index contributed by atoms with van der Waals surface area (Å²) in [5.74, 6) is 1.90. The zero-order chi connectivity index (χ0) is 12.5. The molecule has 0 radical (unpaired) electrons. The van der Waals surface area contributed by atoms with E-state index in [9.17, 15) is 0 Å². The second-order valence-corrected chi connectivity index (χ2v) is 7.18. The summed E-state index contributed by atoms with van der Waals surface area (Å²) in [6.07, 6.45) is 5.75. The van der Waals surface area contributed by atoms with E-state index in [1.54, 1.807) is 0 Å². The fourth-order valence-corrected chi connectivity index (χ4v) is 3.75. The van der Waals surface area contributed by atoms with E-state index in [-0.39, 0.29) is 5.54 Å². The van der Waals surface area contributed by atoms with Crippen molar-refractivity contribution < 1.29 is 4.74 Å². The molecular formula is C15H29NO. The summed E-state index contributed by atoms with van der Waals surface area (Å²) in [5, 5.41) is 3.72. The first-order valence-electron chi connectivity index (χ1n) is 7.28. The van der Waals surface area contributed by atoms with Crippen LogP contribution in [-0.4, -0.2) is 25.3 Å². The second-order valence-electron chi connectivity index (χ2n) is 7.18. The molecular weight excluding hydrogens is 210 g/mol. The highest BCUT2D eigenvalue weighted by atomic mass is 16.5. The molecule has 0 aromatic rings. The Balaban J connectivity index is 1.98. The first-order chi connectivity index (χ1) is 7.95. The van der Waals surface area contributed by atoms with Gasteiger partial charge in [-0.1, -0.05) is 6.42 Å². The molecule has 2 aliphatic rings. The molecule has 2 aliphatic carbocycles. The van der Waals surface area contributed by atoms with Gasteiger partial charge in [-0.3, -0.25) is 0 Å². The average molecular weight is 239 g/mol. The summed E-state index contributed by atoms with van der Waals surface area (Å²) >= 11 is 0. The van der Waals surface area contributed by atoms with Gasteiger partial charge < -0.3 is 10.1 Å². The maximum absolute atomic E-state index is 5.80. The van der Waals surface area contributed by atoms with E-state index in [0.717, 1.165) is 31.6 Å². The van der Waals surface area contributed by atoms with Crippen molar-refractivity contribution >= 4 is 0 Å². The highest BCUT2D eigenvalue weighted by molar-refractivity contribution is 5.02. The van der Waals surface area contributed by atoms with Crippen LogP contribution < -0.4 is 5.32 Å². The van der Waals surface area contributed by atoms with Gasteiger partial charge in [-0.25, -0.2) is 0 Å². The molecule has 17 heavy (non-hydrogen) atoms. The van der Waals surface area contributed by atoms with E-state index >= 15 is 0 Å². The van der Waals surface area contributed by atoms with Gasteiger partial charge in [0.2, 0.25) is 0 Å². The molecule has 2 fully saturated rings. The zero-order valence-electron chi connectivity index (χ0n) is 12.0. The van der Waals surface area contributed by atoms with Gasteiger partial charge in [-0.15, -0.1) is 0 Å². The van der Waals surface area contributed by atoms with E-state index in [1.165, 1.54) is 25.7 Å². The van der Waals surface area contributed by atoms with Gasteiger partial charge in [0.1, 0.15) is 0 Å². The minimum absolute atomic E-state index is 0.223. The summed E-state index contributed by atoms with van der Waals surface area (Å²) in [6, 6.07) is 0. The summed E-state index contributed by atoms with van der Waals surface area (Å²) in [4.78, 5) is 0. The molecule has 0 aromatic carbocycles. The lowest BCUT2D eigenvalue weighted by molar-refractivity contribution is 0.0103. The molecule has 0 spiro atoms. The van der Waals surface area contributed by atoms with Crippen molar-refractivity contribution in [2.45, 2.75) is 58.9 Å². The van der Waals surface area contributed by atoms with Crippen LogP contribution in [0.5, 0.6) is 0 Å². The van der Waals surface area contributed by atoms with Gasteiger partial charge in [-0.2, -0.15) is 0 Å². The van der Waals surface area contributed by atoms with E-state index in [0.29, 0.717) is 5.41 Å². The summed E-state index contributed by atoms with van der Waals surface area (Å²) in [6.45, 7) is 11.8. The molecule has 0 amide bonds. The van der Waals surface area contributed by atoms with Crippen LogP contribution in [0.1, 0.15) is 53.4 Å². The van der Waals surface area contributed by atoms with E-state index in [4.69, 9.17) is 4.74 Å². The molecule has 2 heteroatoms. The molecule has 0 heterocycles. The van der Waals surface area contributed by atoms with Crippen LogP contribution in [0.3, 0.4) is 0 Å². The van der Waals surface area contributed by atoms with Gasteiger partial charge in [0.15, 0.2) is 0 Å². The number of rotatable bonds is 5. The van der Waals surface area contributed by atoms with E-state index in [2.05, 4.69) is 33.0 Å². The third-order valence-corrected chi connectivity index (χ3v) is 4.67. The molecule has 2 nitrogen and oxygen atoms in total. The van der Waals surface area contributed by atoms with Crippen LogP contribution in [-0.2, 0) is 4.74 Å². The third-order valence-electron chi connectivity index (χ3n) is 4.67. The average Bonchev–Trinajstić information content (AvgIpc) is 2.83. The zero-order valence-corrected chi connectivity index (χ0v) is 12.0. The Morgan fingerprint density at radius 1 is 1.29 bits per heavy atom. The van der Waals surface area contributed by atoms with Crippen LogP contribution in [0, 0.1) is 17.3 Å². The minimum Gasteiger partial charge on any atom is -0.381 e. The molecule has 3 atom stereocenters. The molecule has 0 aromatic heterocycles. The smallest absolute Gasteiger partial charge is 0.0537 e. The maximum Gasteiger partial charge on any atom is 0.0537 e. The highest BCUT2D eigenvalue weighted by Crippen LogP contribution is 2.55. The van der Waals surface area contributed by atoms with Gasteiger partial charge in [-0.05, 0) is 58.8 Å². The fourth-order valence-electron chi connectivity index (χ4n) is 3.75. The molecule has 0 saturated heterocycles. The number of nitrogens with one attached hydrogen (secondary N) is 1. The van der Waals surface area contributed by atoms with Crippen molar-refractivity contribution in [1.29, 1.82) is 0 Å². The van der Waals surface area contributed by atoms with Crippen molar-refractivity contribution in [2.75, 3.05) is 19.8 Å². The van der Waals surface area contributed by atoms with Crippen LogP contribution in [0.15, 0.2) is 0 Å². The van der Waals surface area contributed by atoms with Crippen molar-refractivity contribution in [3.05, 3.63) is 0 Å². The second kappa shape index (κ2) is 4.89. The monoisotopic (exact) mass is 239 g/mol. The first-order valence-corrected chi connectivity index (χ1v) is 7.28. The normalized spacial score (nSPS) is 36.7. The van der Waals surface area contributed by atoms with Gasteiger partial charge in [0.05, 0.1) is 6.61 Å². The Hall–Kier alpha value is -0.0800. The van der Waals surface area contributed by atoms with Crippen molar-refractivity contribution in [3.8, 4) is 0 Å². The summed E-state index contributed by atoms with van der Waals surface area (Å²) in [7, 11) is 0. The Morgan fingerprint density at radius 3 is 2.53 bits per heavy atom. The van der Waals surface area contributed by atoms with E-state index < -0.39 is 0 Å². The Labute approximate surface area is 107 Å². The lowest BCUT2D eigenvalue weighted by atomic mass is 9.73. The predicted molar refractivity (Wildman–Crippen MR) is 72.1 cm³/mol. The standard InChI is InChI=1S/C15H29NO/c1-5-17-11-15(10-16-14(2,3)4)9-12-6-7-13(15)8-12/h12-13,16H,5-11H2,1-4H3. The minimum atomic E-state index is 0.223. The molecule has 0 aliphatic heterocycles. The molecule has 1 N–H and O–H groups in total. The third kappa shape index (κ3) is 3.03. The van der Waals surface area contributed by atoms with Crippen LogP contribution in [0.25, 0.3) is 0 Å². The molecule has 2 saturated carbocycles. The largest absolute Gasteiger partial charge is 0.381 e. The highest BCUT2D eigenvalue weighted by Gasteiger charge is 2.50. The number of hydrogen-bond donors (Lipinski definition) is 1. The number of fused-ring (bicyclic) bond motifs is 2. The van der Waals surface area contributed by atoms with Crippen LogP contribution in [0.4, 0.5) is 0 Å². The first kappa shape index (κ1) is 13.4. The SMILES string of the molecule is CCOCC1(CNC(C)(C)C)CC2CCC1C2. The van der Waals surface area contributed by atoms with E-state index in [1.807, 2.05) is 0 Å². The van der Waals surface area contributed by atoms with Crippen LogP contribution >= 0.6 is 0 Å². The van der Waals surface area contributed by atoms with Gasteiger partial charge >= 0.3 is 0 Å². The quantitative estimate of drug-likeness (QED) is 0.795. The molecule has 100 valence electrons. The van der Waals surface area contributed by atoms with Gasteiger partial charge in [0.25, 0.3) is 0 Å². The molecule has 2 bridgehead atoms. The van der Waals surface area contributed by atoms with Crippen LogP contribution in [0.2, 0.25) is 0 Å². The molecule has 3 unspecified atom stereocenters. The topological polar surface area (TPSA) is 21.3 Å². The lowest BCUT2D eigenvalue weighted by Gasteiger charge is -2.40. The predicted octanol–water partition coefficient (Wildman–Crippen LogP) is 3.22. The summed E-state index contributed by atoms with van der Waals surface area (Å²) < 4.78 is 5.80. The summed E-state index contributed by atoms with van der Waals surface area (Å²) in [5.41, 5.74) is 0.660. The lowest BCUT2D eigenvalue weighted by Crippen LogP contribution is -2.48. The Bertz CT molecular complexity index is 258. The number of ether oxygens (including phenoxy) is 1. The number of hydrogen-bond acceptors (Lipinski definition) is 2. The van der Waals surface area contributed by atoms with Gasteiger partial charge in [0, 0.05) is 24.1 Å². The fraction of sp³-hybridized carbons (Fsp3) is 1.00. The van der Waals surface area contributed by atoms with Crippen molar-refractivity contribution in [2.24, 2.45) is 17.3 Å².